The molecule has 3 aromatic rings. The van der Waals surface area contributed by atoms with Gasteiger partial charge in [-0.05, 0) is 41.8 Å². The molecule has 34 heavy (non-hydrogen) atoms. The first kappa shape index (κ1) is 22.3. The van der Waals surface area contributed by atoms with Crippen molar-refractivity contribution in [2.75, 3.05) is 23.3 Å². The lowest BCUT2D eigenvalue weighted by molar-refractivity contribution is -0.122. The Hall–Kier alpha value is -3.54. The highest BCUT2D eigenvalue weighted by Gasteiger charge is 2.36. The van der Waals surface area contributed by atoms with Crippen LogP contribution < -0.4 is 10.2 Å². The summed E-state index contributed by atoms with van der Waals surface area (Å²) < 4.78 is 13.2. The number of anilines is 2. The van der Waals surface area contributed by atoms with E-state index in [1.54, 1.807) is 0 Å². The number of nitrogens with one attached hydrogen (secondary N) is 1. The molecule has 1 N–H and O–H groups in total. The van der Waals surface area contributed by atoms with Crippen LogP contribution in [0.1, 0.15) is 28.0 Å². The van der Waals surface area contributed by atoms with E-state index in [9.17, 15) is 19.2 Å². The maximum absolute atomic E-state index is 13.2. The molecule has 2 aromatic carbocycles. The number of halogens is 1. The minimum absolute atomic E-state index is 0.0844. The SMILES string of the molecule is N#Cc1c(NC(=O)C2CC(=O)N(c3ccc(F)cc3)C2)sc2c1CCN(Cc1ccccc1)C2. The van der Waals surface area contributed by atoms with Gasteiger partial charge in [0.05, 0.1) is 11.5 Å². The fraction of sp³-hybridized carbons (Fsp3) is 0.269. The second-order valence-corrected chi connectivity index (χ2v) is 9.74. The average Bonchev–Trinajstić information content (AvgIpc) is 3.39. The smallest absolute Gasteiger partial charge is 0.230 e. The van der Waals surface area contributed by atoms with Gasteiger partial charge in [0.25, 0.3) is 0 Å². The molecule has 0 spiro atoms. The van der Waals surface area contributed by atoms with E-state index in [0.29, 0.717) is 16.3 Å². The third-order valence-corrected chi connectivity index (χ3v) is 7.50. The Bertz CT molecular complexity index is 1270. The molecule has 8 heteroatoms. The summed E-state index contributed by atoms with van der Waals surface area (Å²) in [5.74, 6) is -1.35. The van der Waals surface area contributed by atoms with Crippen molar-refractivity contribution >= 4 is 33.8 Å². The highest BCUT2D eigenvalue weighted by atomic mass is 32.1. The van der Waals surface area contributed by atoms with Crippen LogP contribution in [0.3, 0.4) is 0 Å². The van der Waals surface area contributed by atoms with Gasteiger partial charge in [-0.3, -0.25) is 14.5 Å². The quantitative estimate of drug-likeness (QED) is 0.598. The van der Waals surface area contributed by atoms with Crippen LogP contribution in [-0.4, -0.2) is 29.8 Å². The van der Waals surface area contributed by atoms with Crippen LogP contribution in [0.2, 0.25) is 0 Å². The molecule has 0 bridgehead atoms. The van der Waals surface area contributed by atoms with Crippen LogP contribution >= 0.6 is 11.3 Å². The van der Waals surface area contributed by atoms with E-state index < -0.39 is 5.92 Å². The lowest BCUT2D eigenvalue weighted by Crippen LogP contribution is -2.29. The summed E-state index contributed by atoms with van der Waals surface area (Å²) in [6.45, 7) is 2.66. The van der Waals surface area contributed by atoms with E-state index in [1.807, 2.05) is 18.2 Å². The van der Waals surface area contributed by atoms with Crippen molar-refractivity contribution in [2.45, 2.75) is 25.9 Å². The number of nitrogens with zero attached hydrogens (tertiary/aromatic N) is 3. The van der Waals surface area contributed by atoms with Gasteiger partial charge in [0.1, 0.15) is 16.9 Å². The molecular weight excluding hydrogens is 451 g/mol. The van der Waals surface area contributed by atoms with Crippen LogP contribution in [0.4, 0.5) is 15.1 Å². The molecule has 3 heterocycles. The Kier molecular flexibility index (Phi) is 6.14. The summed E-state index contributed by atoms with van der Waals surface area (Å²) in [7, 11) is 0. The van der Waals surface area contributed by atoms with Crippen LogP contribution in [-0.2, 0) is 29.1 Å². The molecule has 1 atom stereocenters. The van der Waals surface area contributed by atoms with E-state index >= 15 is 0 Å². The molecule has 2 aliphatic heterocycles. The molecule has 1 fully saturated rings. The second-order valence-electron chi connectivity index (χ2n) is 8.64. The fourth-order valence-corrected chi connectivity index (χ4v) is 5.85. The average molecular weight is 475 g/mol. The van der Waals surface area contributed by atoms with Crippen LogP contribution in [0, 0.1) is 23.1 Å². The highest BCUT2D eigenvalue weighted by molar-refractivity contribution is 7.16. The zero-order valence-electron chi connectivity index (χ0n) is 18.5. The predicted molar refractivity (Wildman–Crippen MR) is 129 cm³/mol. The number of carbonyl (C=O) groups excluding carboxylic acids is 2. The number of rotatable bonds is 5. The lowest BCUT2D eigenvalue weighted by Gasteiger charge is -2.26. The Balaban J connectivity index is 1.28. The van der Waals surface area contributed by atoms with Gasteiger partial charge >= 0.3 is 0 Å². The van der Waals surface area contributed by atoms with E-state index in [0.717, 1.165) is 36.5 Å². The van der Waals surface area contributed by atoms with Gasteiger partial charge in [0.2, 0.25) is 11.8 Å². The summed E-state index contributed by atoms with van der Waals surface area (Å²) in [4.78, 5) is 30.5. The first-order chi connectivity index (χ1) is 16.5. The lowest BCUT2D eigenvalue weighted by atomic mass is 10.0. The maximum atomic E-state index is 13.2. The summed E-state index contributed by atoms with van der Waals surface area (Å²) in [6.07, 6.45) is 0.846. The molecule has 2 aliphatic rings. The Morgan fingerprint density at radius 1 is 1.18 bits per heavy atom. The standard InChI is InChI=1S/C26H23FN4O2S/c27-19-6-8-20(9-7-19)31-15-18(12-24(31)32)25(33)29-26-22(13-28)21-10-11-30(16-23(21)34-26)14-17-4-2-1-3-5-17/h1-9,18H,10-12,14-16H2,(H,29,33). The summed E-state index contributed by atoms with van der Waals surface area (Å²) in [6, 6.07) is 18.2. The molecule has 1 unspecified atom stereocenters. The number of fused-ring (bicyclic) bond motifs is 1. The van der Waals surface area contributed by atoms with Gasteiger partial charge in [0.15, 0.2) is 0 Å². The molecule has 1 aromatic heterocycles. The van der Waals surface area contributed by atoms with E-state index in [-0.39, 0.29) is 30.6 Å². The van der Waals surface area contributed by atoms with E-state index in [2.05, 4.69) is 28.4 Å². The topological polar surface area (TPSA) is 76.4 Å². The first-order valence-electron chi connectivity index (χ1n) is 11.2. The number of thiophene rings is 1. The minimum atomic E-state index is -0.530. The van der Waals surface area contributed by atoms with Crippen molar-refractivity contribution in [3.05, 3.63) is 82.0 Å². The summed E-state index contributed by atoms with van der Waals surface area (Å²) in [5, 5.41) is 13.3. The number of nitriles is 1. The number of hydrogen-bond acceptors (Lipinski definition) is 5. The largest absolute Gasteiger partial charge is 0.316 e. The number of hydrogen-bond donors (Lipinski definition) is 1. The van der Waals surface area contributed by atoms with Crippen molar-refractivity contribution in [1.82, 2.24) is 4.90 Å². The number of benzene rings is 2. The van der Waals surface area contributed by atoms with Gasteiger partial charge in [-0.1, -0.05) is 30.3 Å². The zero-order chi connectivity index (χ0) is 23.7. The molecule has 0 aliphatic carbocycles. The molecule has 2 amide bonds. The monoisotopic (exact) mass is 474 g/mol. The summed E-state index contributed by atoms with van der Waals surface area (Å²) >= 11 is 1.45. The highest BCUT2D eigenvalue weighted by Crippen LogP contribution is 2.37. The van der Waals surface area contributed by atoms with Crippen molar-refractivity contribution in [3.8, 4) is 6.07 Å². The van der Waals surface area contributed by atoms with Crippen molar-refractivity contribution in [1.29, 1.82) is 5.26 Å². The zero-order valence-corrected chi connectivity index (χ0v) is 19.3. The molecule has 5 rings (SSSR count). The molecule has 6 nitrogen and oxygen atoms in total. The molecule has 172 valence electrons. The van der Waals surface area contributed by atoms with Crippen LogP contribution in [0.5, 0.6) is 0 Å². The third kappa shape index (κ3) is 4.45. The van der Waals surface area contributed by atoms with Crippen molar-refractivity contribution in [3.63, 3.8) is 0 Å². The third-order valence-electron chi connectivity index (χ3n) is 6.37. The van der Waals surface area contributed by atoms with Gasteiger partial charge in [-0.15, -0.1) is 11.3 Å². The van der Waals surface area contributed by atoms with Crippen molar-refractivity contribution in [2.24, 2.45) is 5.92 Å². The molecule has 0 saturated carbocycles. The van der Waals surface area contributed by atoms with Crippen LogP contribution in [0.25, 0.3) is 0 Å². The summed E-state index contributed by atoms with van der Waals surface area (Å²) in [5.41, 5.74) is 3.37. The fourth-order valence-electron chi connectivity index (χ4n) is 4.61. The molecular formula is C26H23FN4O2S. The first-order valence-corrected chi connectivity index (χ1v) is 12.0. The van der Waals surface area contributed by atoms with Gasteiger partial charge in [-0.2, -0.15) is 5.26 Å². The molecule has 0 radical (unpaired) electrons. The van der Waals surface area contributed by atoms with Gasteiger partial charge < -0.3 is 10.2 Å². The number of amides is 2. The van der Waals surface area contributed by atoms with Gasteiger partial charge in [-0.25, -0.2) is 4.39 Å². The predicted octanol–water partition coefficient (Wildman–Crippen LogP) is 4.31. The number of carbonyl (C=O) groups is 2. The normalized spacial score (nSPS) is 17.9. The Labute approximate surface area is 201 Å². The Morgan fingerprint density at radius 2 is 1.94 bits per heavy atom. The maximum Gasteiger partial charge on any atom is 0.230 e. The molecule has 1 saturated heterocycles. The van der Waals surface area contributed by atoms with Crippen LogP contribution in [0.15, 0.2) is 54.6 Å². The van der Waals surface area contributed by atoms with E-state index in [4.69, 9.17) is 0 Å². The Morgan fingerprint density at radius 3 is 2.68 bits per heavy atom. The van der Waals surface area contributed by atoms with E-state index in [1.165, 1.54) is 46.1 Å². The van der Waals surface area contributed by atoms with Crippen molar-refractivity contribution < 1.29 is 14.0 Å². The second kappa shape index (κ2) is 9.37. The van der Waals surface area contributed by atoms with Gasteiger partial charge in [0, 0.05) is 43.2 Å². The minimum Gasteiger partial charge on any atom is -0.316 e.